The molecule has 1 aromatic heterocycles. The quantitative estimate of drug-likeness (QED) is 0.435. The highest BCUT2D eigenvalue weighted by atomic mass is 32.2. The molecule has 0 bridgehead atoms. The van der Waals surface area contributed by atoms with Gasteiger partial charge in [0.1, 0.15) is 16.4 Å². The third-order valence-electron chi connectivity index (χ3n) is 4.94. The van der Waals surface area contributed by atoms with Crippen molar-refractivity contribution in [3.05, 3.63) is 52.9 Å². The van der Waals surface area contributed by atoms with E-state index in [1.54, 1.807) is 10.8 Å². The maximum absolute atomic E-state index is 12.8. The van der Waals surface area contributed by atoms with Crippen molar-refractivity contribution in [2.75, 3.05) is 19.9 Å². The number of para-hydroxylation sites is 1. The highest BCUT2D eigenvalue weighted by Crippen LogP contribution is 2.36. The number of hydrogen-bond acceptors (Lipinski definition) is 8. The second-order valence-corrected chi connectivity index (χ2v) is 8.71. The van der Waals surface area contributed by atoms with Crippen LogP contribution in [-0.2, 0) is 16.1 Å². The maximum atomic E-state index is 12.8. The molecule has 0 unspecified atom stereocenters. The summed E-state index contributed by atoms with van der Waals surface area (Å²) < 4.78 is 12.7. The van der Waals surface area contributed by atoms with Crippen LogP contribution in [0.25, 0.3) is 17.1 Å². The number of rotatable bonds is 6. The summed E-state index contributed by atoms with van der Waals surface area (Å²) in [4.78, 5) is 27.1. The number of nitrogens with zero attached hydrogens (tertiary/aromatic N) is 4. The monoisotopic (exact) mass is 467 g/mol. The third kappa shape index (κ3) is 4.04. The van der Waals surface area contributed by atoms with Crippen molar-refractivity contribution >= 4 is 57.2 Å². The molecule has 2 amide bonds. The second-order valence-electron chi connectivity index (χ2n) is 7.03. The van der Waals surface area contributed by atoms with Gasteiger partial charge in [-0.3, -0.25) is 14.5 Å². The van der Waals surface area contributed by atoms with E-state index in [-0.39, 0.29) is 38.2 Å². The van der Waals surface area contributed by atoms with Crippen LogP contribution >= 0.6 is 24.0 Å². The van der Waals surface area contributed by atoms with E-state index in [9.17, 15) is 9.59 Å². The van der Waals surface area contributed by atoms with E-state index in [4.69, 9.17) is 21.7 Å². The van der Waals surface area contributed by atoms with Crippen LogP contribution in [0, 0.1) is 0 Å². The first kappa shape index (κ1) is 20.5. The molecule has 2 aliphatic rings. The van der Waals surface area contributed by atoms with Gasteiger partial charge in [0.15, 0.2) is 11.5 Å². The molecule has 0 atom stereocenters. The number of thioether (sulfide) groups is 1. The Kier molecular flexibility index (Phi) is 5.50. The largest absolute Gasteiger partial charge is 0.454 e. The molecule has 5 rings (SSSR count). The van der Waals surface area contributed by atoms with Crippen LogP contribution in [0.4, 0.5) is 0 Å². The minimum absolute atomic E-state index is 0.0446. The van der Waals surface area contributed by atoms with Gasteiger partial charge in [0.05, 0.1) is 10.4 Å². The molecule has 1 fully saturated rings. The fraction of sp³-hybridized carbons (Fsp3) is 0.190. The van der Waals surface area contributed by atoms with Crippen molar-refractivity contribution in [2.45, 2.75) is 6.54 Å². The molecule has 11 heteroatoms. The molecule has 3 aromatic rings. The molecule has 32 heavy (non-hydrogen) atoms. The highest BCUT2D eigenvalue weighted by molar-refractivity contribution is 8.26. The lowest BCUT2D eigenvalue weighted by atomic mass is 10.2. The molecule has 1 saturated heterocycles. The standard InChI is InChI=1S/C21H17N5O4S2/c27-19(11-26-15-4-2-1-3-14(15)23-24-26)22-7-8-25-20(28)18(32-21(25)31)10-13-5-6-16-17(9-13)30-12-29-16/h1-6,9-10H,7-8,11-12H2,(H,22,27). The molecule has 1 N–H and O–H groups in total. The minimum atomic E-state index is -0.220. The van der Waals surface area contributed by atoms with Crippen LogP contribution in [-0.4, -0.2) is 55.9 Å². The van der Waals surface area contributed by atoms with Crippen molar-refractivity contribution < 1.29 is 19.1 Å². The minimum Gasteiger partial charge on any atom is -0.454 e. The fourth-order valence-corrected chi connectivity index (χ4v) is 4.69. The summed E-state index contributed by atoms with van der Waals surface area (Å²) in [6, 6.07) is 12.9. The van der Waals surface area contributed by atoms with Crippen LogP contribution < -0.4 is 14.8 Å². The molecule has 162 valence electrons. The predicted octanol–water partition coefficient (Wildman–Crippen LogP) is 2.18. The Morgan fingerprint density at radius 1 is 1.22 bits per heavy atom. The summed E-state index contributed by atoms with van der Waals surface area (Å²) in [6.45, 7) is 0.797. The normalized spacial score (nSPS) is 16.4. The number of nitrogens with one attached hydrogen (secondary N) is 1. The van der Waals surface area contributed by atoms with Gasteiger partial charge in [0, 0.05) is 13.1 Å². The van der Waals surface area contributed by atoms with Crippen molar-refractivity contribution in [1.29, 1.82) is 0 Å². The number of amides is 2. The number of ether oxygens (including phenoxy) is 2. The zero-order valence-corrected chi connectivity index (χ0v) is 18.3. The van der Waals surface area contributed by atoms with Gasteiger partial charge in [-0.2, -0.15) is 0 Å². The zero-order valence-electron chi connectivity index (χ0n) is 16.7. The summed E-state index contributed by atoms with van der Waals surface area (Å²) in [5.74, 6) is 0.928. The smallest absolute Gasteiger partial charge is 0.266 e. The number of aromatic nitrogens is 3. The van der Waals surface area contributed by atoms with Crippen LogP contribution in [0.1, 0.15) is 5.56 Å². The SMILES string of the molecule is O=C(Cn1nnc2ccccc21)NCCN1C(=O)C(=Cc2ccc3c(c2)OCO3)SC1=S. The van der Waals surface area contributed by atoms with Gasteiger partial charge in [-0.1, -0.05) is 47.4 Å². The first-order valence-electron chi connectivity index (χ1n) is 9.78. The van der Waals surface area contributed by atoms with Gasteiger partial charge in [-0.15, -0.1) is 5.10 Å². The van der Waals surface area contributed by atoms with Gasteiger partial charge in [0.2, 0.25) is 12.7 Å². The van der Waals surface area contributed by atoms with E-state index in [1.165, 1.54) is 16.7 Å². The molecule has 3 heterocycles. The number of hydrogen-bond donors (Lipinski definition) is 1. The maximum Gasteiger partial charge on any atom is 0.266 e. The Morgan fingerprint density at radius 2 is 2.06 bits per heavy atom. The number of thiocarbonyl (C=S) groups is 1. The summed E-state index contributed by atoms with van der Waals surface area (Å²) >= 11 is 6.60. The van der Waals surface area contributed by atoms with Crippen LogP contribution in [0.5, 0.6) is 11.5 Å². The topological polar surface area (TPSA) is 98.6 Å². The number of carbonyl (C=O) groups is 2. The van der Waals surface area contributed by atoms with Gasteiger partial charge in [-0.25, -0.2) is 4.68 Å². The highest BCUT2D eigenvalue weighted by Gasteiger charge is 2.31. The van der Waals surface area contributed by atoms with E-state index < -0.39 is 0 Å². The molecular weight excluding hydrogens is 450 g/mol. The van der Waals surface area contributed by atoms with Gasteiger partial charge >= 0.3 is 0 Å². The van der Waals surface area contributed by atoms with Crippen LogP contribution in [0.3, 0.4) is 0 Å². The summed E-state index contributed by atoms with van der Waals surface area (Å²) in [7, 11) is 0. The molecule has 0 aliphatic carbocycles. The van der Waals surface area contributed by atoms with Gasteiger partial charge in [-0.05, 0) is 35.9 Å². The summed E-state index contributed by atoms with van der Waals surface area (Å²) in [5, 5.41) is 10.9. The van der Waals surface area contributed by atoms with E-state index >= 15 is 0 Å². The summed E-state index contributed by atoms with van der Waals surface area (Å²) in [5.41, 5.74) is 2.34. The van der Waals surface area contributed by atoms with E-state index in [0.717, 1.165) is 16.6 Å². The molecule has 2 aromatic carbocycles. The Morgan fingerprint density at radius 3 is 2.97 bits per heavy atom. The van der Waals surface area contributed by atoms with Crippen molar-refractivity contribution in [3.8, 4) is 11.5 Å². The Bertz CT molecular complexity index is 1270. The number of benzene rings is 2. The van der Waals surface area contributed by atoms with Crippen LogP contribution in [0.15, 0.2) is 47.4 Å². The molecule has 0 saturated carbocycles. The Balaban J connectivity index is 1.17. The Labute approximate surface area is 192 Å². The lowest BCUT2D eigenvalue weighted by Crippen LogP contribution is -2.38. The summed E-state index contributed by atoms with van der Waals surface area (Å²) in [6.07, 6.45) is 1.77. The van der Waals surface area contributed by atoms with Crippen LogP contribution in [0.2, 0.25) is 0 Å². The predicted molar refractivity (Wildman–Crippen MR) is 123 cm³/mol. The number of fused-ring (bicyclic) bond motifs is 2. The molecule has 0 radical (unpaired) electrons. The second kappa shape index (κ2) is 8.60. The first-order chi connectivity index (χ1) is 15.6. The lowest BCUT2D eigenvalue weighted by molar-refractivity contribution is -0.124. The van der Waals surface area contributed by atoms with E-state index in [1.807, 2.05) is 42.5 Å². The average molecular weight is 468 g/mol. The molecule has 9 nitrogen and oxygen atoms in total. The molecule has 0 spiro atoms. The third-order valence-corrected chi connectivity index (χ3v) is 6.32. The van der Waals surface area contributed by atoms with E-state index in [2.05, 4.69) is 15.6 Å². The molecule has 2 aliphatic heterocycles. The fourth-order valence-electron chi connectivity index (χ4n) is 3.38. The van der Waals surface area contributed by atoms with Crippen molar-refractivity contribution in [2.24, 2.45) is 0 Å². The number of carbonyl (C=O) groups excluding carboxylic acids is 2. The van der Waals surface area contributed by atoms with E-state index in [0.29, 0.717) is 20.7 Å². The first-order valence-corrected chi connectivity index (χ1v) is 11.0. The van der Waals surface area contributed by atoms with Crippen molar-refractivity contribution in [1.82, 2.24) is 25.2 Å². The van der Waals surface area contributed by atoms with Crippen molar-refractivity contribution in [3.63, 3.8) is 0 Å². The average Bonchev–Trinajstić information content (AvgIpc) is 3.48. The zero-order chi connectivity index (χ0) is 22.1. The lowest BCUT2D eigenvalue weighted by Gasteiger charge is -2.14. The Hall–Kier alpha value is -3.44. The van der Waals surface area contributed by atoms with Gasteiger partial charge < -0.3 is 14.8 Å². The molecular formula is C21H17N5O4S2. The van der Waals surface area contributed by atoms with Gasteiger partial charge in [0.25, 0.3) is 5.91 Å².